The van der Waals surface area contributed by atoms with Crippen LogP contribution in [0.4, 0.5) is 5.95 Å². The summed E-state index contributed by atoms with van der Waals surface area (Å²) in [6.45, 7) is 5.45. The fourth-order valence-electron chi connectivity index (χ4n) is 2.74. The lowest BCUT2D eigenvalue weighted by molar-refractivity contribution is 0.102. The Labute approximate surface area is 141 Å². The number of furan rings is 1. The molecule has 0 aromatic carbocycles. The summed E-state index contributed by atoms with van der Waals surface area (Å²) in [6.07, 6.45) is 1.31. The number of hydrogen-bond donors (Lipinski definition) is 2. The number of nitrogens with one attached hydrogen (secondary N) is 2. The van der Waals surface area contributed by atoms with Crippen LogP contribution in [0.15, 0.2) is 27.4 Å². The van der Waals surface area contributed by atoms with Crippen molar-refractivity contribution < 1.29 is 13.7 Å². The monoisotopic (exact) mass is 338 g/mol. The second-order valence-corrected chi connectivity index (χ2v) is 5.62. The molecule has 4 aromatic rings. The van der Waals surface area contributed by atoms with Crippen molar-refractivity contribution in [1.82, 2.24) is 25.3 Å². The Morgan fingerprint density at radius 1 is 1.24 bits per heavy atom. The Kier molecular flexibility index (Phi) is 3.34. The fourth-order valence-corrected chi connectivity index (χ4v) is 2.74. The Balaban J connectivity index is 1.87. The molecular formula is C16H14N6O3. The highest BCUT2D eigenvalue weighted by Gasteiger charge is 2.21. The van der Waals surface area contributed by atoms with E-state index in [4.69, 9.17) is 8.94 Å². The molecule has 4 rings (SSSR count). The van der Waals surface area contributed by atoms with Gasteiger partial charge >= 0.3 is 0 Å². The normalized spacial score (nSPS) is 11.2. The Bertz CT molecular complexity index is 1080. The number of aromatic nitrogens is 5. The van der Waals surface area contributed by atoms with Crippen molar-refractivity contribution in [3.05, 3.63) is 41.2 Å². The van der Waals surface area contributed by atoms with E-state index in [2.05, 4.69) is 30.6 Å². The van der Waals surface area contributed by atoms with E-state index in [1.54, 1.807) is 13.0 Å². The lowest BCUT2D eigenvalue weighted by Gasteiger charge is -2.06. The number of anilines is 1. The topological polar surface area (TPSA) is 123 Å². The SMILES string of the molecule is Cc1cc(-c2cc(C(=O)Nc3ncn[nH]3)c3c(C)noc3n2)c(C)o1. The molecule has 0 bridgehead atoms. The van der Waals surface area contributed by atoms with Crippen LogP contribution in [0.25, 0.3) is 22.4 Å². The second-order valence-electron chi connectivity index (χ2n) is 5.62. The Hall–Kier alpha value is -3.49. The zero-order valence-electron chi connectivity index (χ0n) is 13.7. The van der Waals surface area contributed by atoms with Gasteiger partial charge in [0.25, 0.3) is 11.6 Å². The van der Waals surface area contributed by atoms with Crippen molar-refractivity contribution in [2.75, 3.05) is 5.32 Å². The highest BCUT2D eigenvalue weighted by Crippen LogP contribution is 2.30. The van der Waals surface area contributed by atoms with E-state index in [1.807, 2.05) is 19.9 Å². The molecule has 0 atom stereocenters. The van der Waals surface area contributed by atoms with Crippen molar-refractivity contribution in [1.29, 1.82) is 0 Å². The van der Waals surface area contributed by atoms with E-state index in [0.29, 0.717) is 28.1 Å². The number of carbonyl (C=O) groups excluding carboxylic acids is 1. The summed E-state index contributed by atoms with van der Waals surface area (Å²) in [6, 6.07) is 3.56. The molecule has 9 heteroatoms. The molecule has 0 fully saturated rings. The van der Waals surface area contributed by atoms with Crippen molar-refractivity contribution in [3.63, 3.8) is 0 Å². The second kappa shape index (κ2) is 5.55. The van der Waals surface area contributed by atoms with Gasteiger partial charge in [-0.3, -0.25) is 10.1 Å². The number of fused-ring (bicyclic) bond motifs is 1. The van der Waals surface area contributed by atoms with E-state index < -0.39 is 0 Å². The summed E-state index contributed by atoms with van der Waals surface area (Å²) in [4.78, 5) is 21.1. The number of hydrogen-bond acceptors (Lipinski definition) is 7. The summed E-state index contributed by atoms with van der Waals surface area (Å²) in [5, 5.41) is 13.4. The van der Waals surface area contributed by atoms with E-state index in [1.165, 1.54) is 6.33 Å². The van der Waals surface area contributed by atoms with Crippen molar-refractivity contribution in [3.8, 4) is 11.3 Å². The standard InChI is InChI=1S/C16H14N6O3/c1-7-4-10(9(3)24-7)12-5-11(13-8(2)22-25-15(13)19-12)14(23)20-16-17-6-18-21-16/h4-6H,1-3H3,(H2,17,18,20,21,23). The molecule has 0 radical (unpaired) electrons. The van der Waals surface area contributed by atoms with E-state index in [0.717, 1.165) is 11.3 Å². The molecule has 0 aliphatic heterocycles. The third-order valence-corrected chi connectivity index (χ3v) is 3.83. The first-order valence-electron chi connectivity index (χ1n) is 7.54. The third-order valence-electron chi connectivity index (χ3n) is 3.83. The van der Waals surface area contributed by atoms with Gasteiger partial charge in [0.05, 0.1) is 22.3 Å². The number of nitrogens with zero attached hydrogens (tertiary/aromatic N) is 4. The van der Waals surface area contributed by atoms with Crippen molar-refractivity contribution in [2.45, 2.75) is 20.8 Å². The molecule has 2 N–H and O–H groups in total. The third kappa shape index (κ3) is 2.55. The molecule has 1 amide bonds. The number of aryl methyl sites for hydroxylation is 3. The average molecular weight is 338 g/mol. The maximum Gasteiger partial charge on any atom is 0.259 e. The fraction of sp³-hybridized carbons (Fsp3) is 0.188. The van der Waals surface area contributed by atoms with Crippen molar-refractivity contribution in [2.24, 2.45) is 0 Å². The molecule has 0 spiro atoms. The zero-order valence-corrected chi connectivity index (χ0v) is 13.7. The number of pyridine rings is 1. The number of H-pyrrole nitrogens is 1. The van der Waals surface area contributed by atoms with Gasteiger partial charge in [0.2, 0.25) is 5.95 Å². The summed E-state index contributed by atoms with van der Waals surface area (Å²) in [5.74, 6) is 1.36. The van der Waals surface area contributed by atoms with Gasteiger partial charge in [0.1, 0.15) is 17.8 Å². The van der Waals surface area contributed by atoms with Crippen LogP contribution >= 0.6 is 0 Å². The Morgan fingerprint density at radius 3 is 2.76 bits per heavy atom. The van der Waals surface area contributed by atoms with Crippen LogP contribution in [-0.2, 0) is 0 Å². The maximum absolute atomic E-state index is 12.7. The summed E-state index contributed by atoms with van der Waals surface area (Å²) in [5.41, 5.74) is 2.61. The zero-order chi connectivity index (χ0) is 17.6. The first-order valence-corrected chi connectivity index (χ1v) is 7.54. The molecule has 4 heterocycles. The summed E-state index contributed by atoms with van der Waals surface area (Å²) >= 11 is 0. The first-order chi connectivity index (χ1) is 12.0. The number of rotatable bonds is 3. The Morgan fingerprint density at radius 2 is 2.08 bits per heavy atom. The molecular weight excluding hydrogens is 324 g/mol. The van der Waals surface area contributed by atoms with Crippen LogP contribution in [0.3, 0.4) is 0 Å². The number of carbonyl (C=O) groups is 1. The van der Waals surface area contributed by atoms with Gasteiger partial charge in [0, 0.05) is 5.56 Å². The molecule has 0 aliphatic rings. The average Bonchev–Trinajstić information content (AvgIpc) is 3.28. The van der Waals surface area contributed by atoms with Gasteiger partial charge in [-0.15, -0.1) is 0 Å². The van der Waals surface area contributed by atoms with Crippen molar-refractivity contribution >= 4 is 23.0 Å². The van der Waals surface area contributed by atoms with Crippen LogP contribution in [0, 0.1) is 20.8 Å². The van der Waals surface area contributed by atoms with E-state index >= 15 is 0 Å². The van der Waals surface area contributed by atoms with Gasteiger partial charge in [-0.05, 0) is 32.9 Å². The minimum Gasteiger partial charge on any atom is -0.466 e. The molecule has 126 valence electrons. The molecule has 0 saturated heterocycles. The summed E-state index contributed by atoms with van der Waals surface area (Å²) in [7, 11) is 0. The molecule has 0 saturated carbocycles. The summed E-state index contributed by atoms with van der Waals surface area (Å²) < 4.78 is 10.8. The largest absolute Gasteiger partial charge is 0.466 e. The van der Waals surface area contributed by atoms with E-state index in [9.17, 15) is 4.79 Å². The predicted molar refractivity (Wildman–Crippen MR) is 88.1 cm³/mol. The minimum absolute atomic E-state index is 0.251. The lowest BCUT2D eigenvalue weighted by Crippen LogP contribution is -2.14. The maximum atomic E-state index is 12.7. The van der Waals surface area contributed by atoms with Crippen LogP contribution in [0.2, 0.25) is 0 Å². The molecule has 0 unspecified atom stereocenters. The quantitative estimate of drug-likeness (QED) is 0.588. The first kappa shape index (κ1) is 15.1. The number of amides is 1. The van der Waals surface area contributed by atoms with Gasteiger partial charge < -0.3 is 8.94 Å². The van der Waals surface area contributed by atoms with Crippen LogP contribution in [0.1, 0.15) is 27.6 Å². The smallest absolute Gasteiger partial charge is 0.259 e. The van der Waals surface area contributed by atoms with Crippen LogP contribution in [-0.4, -0.2) is 31.2 Å². The van der Waals surface area contributed by atoms with Gasteiger partial charge in [-0.1, -0.05) is 5.16 Å². The van der Waals surface area contributed by atoms with Gasteiger partial charge in [-0.2, -0.15) is 10.1 Å². The molecule has 25 heavy (non-hydrogen) atoms. The molecule has 9 nitrogen and oxygen atoms in total. The van der Waals surface area contributed by atoms with Gasteiger partial charge in [0.15, 0.2) is 0 Å². The minimum atomic E-state index is -0.366. The van der Waals surface area contributed by atoms with E-state index in [-0.39, 0.29) is 17.6 Å². The number of aromatic amines is 1. The predicted octanol–water partition coefficient (Wildman–Crippen LogP) is 2.78. The molecule has 4 aromatic heterocycles. The highest BCUT2D eigenvalue weighted by molar-refractivity contribution is 6.12. The van der Waals surface area contributed by atoms with Crippen LogP contribution < -0.4 is 5.32 Å². The lowest BCUT2D eigenvalue weighted by atomic mass is 10.1. The van der Waals surface area contributed by atoms with Gasteiger partial charge in [-0.25, -0.2) is 10.1 Å². The molecule has 0 aliphatic carbocycles. The highest BCUT2D eigenvalue weighted by atomic mass is 16.5. The van der Waals surface area contributed by atoms with Crippen LogP contribution in [0.5, 0.6) is 0 Å².